The highest BCUT2D eigenvalue weighted by atomic mass is 32.2. The van der Waals surface area contributed by atoms with Crippen molar-refractivity contribution in [3.8, 4) is 5.75 Å². The average Bonchev–Trinajstić information content (AvgIpc) is 2.34. The second kappa shape index (κ2) is 6.55. The first kappa shape index (κ1) is 15.5. The highest BCUT2D eigenvalue weighted by molar-refractivity contribution is 8.00. The molecule has 0 unspecified atom stereocenters. The molecule has 0 aromatic heterocycles. The number of thioether (sulfide) groups is 1. The molecular weight excluding hydrogens is 281 g/mol. The van der Waals surface area contributed by atoms with Gasteiger partial charge in [0.25, 0.3) is 0 Å². The highest BCUT2D eigenvalue weighted by Crippen LogP contribution is 2.30. The maximum atomic E-state index is 11.9. The van der Waals surface area contributed by atoms with E-state index in [1.165, 1.54) is 6.07 Å². The normalized spacial score (nSPS) is 12.5. The molecule has 0 aliphatic carbocycles. The van der Waals surface area contributed by atoms with Gasteiger partial charge in [-0.1, -0.05) is 17.3 Å². The maximum absolute atomic E-state index is 11.9. The van der Waals surface area contributed by atoms with Gasteiger partial charge in [-0.05, 0) is 30.3 Å². The van der Waals surface area contributed by atoms with Crippen molar-refractivity contribution in [2.24, 2.45) is 10.9 Å². The fourth-order valence-electron chi connectivity index (χ4n) is 1.28. The third-order valence-electron chi connectivity index (χ3n) is 2.20. The zero-order valence-electron chi connectivity index (χ0n) is 10.1. The maximum Gasteiger partial charge on any atom is 0.441 e. The molecule has 0 aliphatic heterocycles. The lowest BCUT2D eigenvalue weighted by Gasteiger charge is -2.11. The second-order valence-electron chi connectivity index (χ2n) is 3.61. The SMILES string of the molecule is Cc1ccc(/C(N)=N/O)cc1OCCSC(F)(F)F. The molecule has 0 bridgehead atoms. The molecule has 3 N–H and O–H groups in total. The van der Waals surface area contributed by atoms with Gasteiger partial charge in [0, 0.05) is 11.3 Å². The average molecular weight is 294 g/mol. The molecule has 1 rings (SSSR count). The highest BCUT2D eigenvalue weighted by Gasteiger charge is 2.27. The lowest BCUT2D eigenvalue weighted by molar-refractivity contribution is -0.0329. The molecule has 1 aromatic rings. The fraction of sp³-hybridized carbons (Fsp3) is 0.364. The lowest BCUT2D eigenvalue weighted by Crippen LogP contribution is -2.13. The van der Waals surface area contributed by atoms with E-state index >= 15 is 0 Å². The summed E-state index contributed by atoms with van der Waals surface area (Å²) in [5, 5.41) is 11.4. The van der Waals surface area contributed by atoms with Crippen LogP contribution in [0.1, 0.15) is 11.1 Å². The predicted octanol–water partition coefficient (Wildman–Crippen LogP) is 2.72. The summed E-state index contributed by atoms with van der Waals surface area (Å²) in [6.45, 7) is 1.67. The standard InChI is InChI=1S/C11H13F3N2O2S/c1-7-2-3-8(10(15)16-17)6-9(7)18-4-5-19-11(12,13)14/h2-3,6,17H,4-5H2,1H3,(H2,15,16). The summed E-state index contributed by atoms with van der Waals surface area (Å²) in [6, 6.07) is 4.82. The van der Waals surface area contributed by atoms with Gasteiger partial charge in [0.05, 0.1) is 6.61 Å². The Labute approximate surface area is 112 Å². The van der Waals surface area contributed by atoms with Gasteiger partial charge in [-0.15, -0.1) is 0 Å². The molecule has 0 amide bonds. The van der Waals surface area contributed by atoms with E-state index in [4.69, 9.17) is 15.7 Å². The smallest absolute Gasteiger partial charge is 0.441 e. The molecule has 0 fully saturated rings. The molecule has 19 heavy (non-hydrogen) atoms. The van der Waals surface area contributed by atoms with Gasteiger partial charge in [0.1, 0.15) is 5.75 Å². The molecule has 1 aromatic carbocycles. The minimum Gasteiger partial charge on any atom is -0.492 e. The van der Waals surface area contributed by atoms with E-state index in [0.29, 0.717) is 11.3 Å². The van der Waals surface area contributed by atoms with Crippen LogP contribution in [0.5, 0.6) is 5.75 Å². The van der Waals surface area contributed by atoms with Crippen molar-refractivity contribution in [3.05, 3.63) is 29.3 Å². The van der Waals surface area contributed by atoms with E-state index in [0.717, 1.165) is 5.56 Å². The van der Waals surface area contributed by atoms with Gasteiger partial charge in [-0.3, -0.25) is 0 Å². The number of ether oxygens (including phenoxy) is 1. The van der Waals surface area contributed by atoms with E-state index in [1.807, 2.05) is 0 Å². The first-order valence-corrected chi connectivity index (χ1v) is 6.24. The van der Waals surface area contributed by atoms with Crippen molar-refractivity contribution >= 4 is 17.6 Å². The van der Waals surface area contributed by atoms with Crippen LogP contribution in [-0.2, 0) is 0 Å². The van der Waals surface area contributed by atoms with Crippen LogP contribution in [0.3, 0.4) is 0 Å². The number of hydrogen-bond donors (Lipinski definition) is 2. The van der Waals surface area contributed by atoms with Crippen LogP contribution >= 0.6 is 11.8 Å². The Hall–Kier alpha value is -1.57. The van der Waals surface area contributed by atoms with Crippen LogP contribution in [0.4, 0.5) is 13.2 Å². The molecule has 0 radical (unpaired) electrons. The van der Waals surface area contributed by atoms with Crippen molar-refractivity contribution < 1.29 is 23.1 Å². The summed E-state index contributed by atoms with van der Waals surface area (Å²) >= 11 is -0.140. The van der Waals surface area contributed by atoms with Crippen LogP contribution in [0.25, 0.3) is 0 Å². The number of benzene rings is 1. The molecule has 0 heterocycles. The van der Waals surface area contributed by atoms with Gasteiger partial charge in [-0.2, -0.15) is 13.2 Å². The summed E-state index contributed by atoms with van der Waals surface area (Å²) in [6.07, 6.45) is 0. The monoisotopic (exact) mass is 294 g/mol. The van der Waals surface area contributed by atoms with Crippen molar-refractivity contribution in [1.29, 1.82) is 0 Å². The molecule has 106 valence electrons. The minimum absolute atomic E-state index is 0.0787. The second-order valence-corrected chi connectivity index (χ2v) is 4.77. The van der Waals surface area contributed by atoms with Gasteiger partial charge in [0.2, 0.25) is 0 Å². The number of alkyl halides is 3. The molecule has 0 atom stereocenters. The first-order valence-electron chi connectivity index (χ1n) is 5.25. The van der Waals surface area contributed by atoms with E-state index in [-0.39, 0.29) is 30.0 Å². The Bertz CT molecular complexity index is 464. The van der Waals surface area contributed by atoms with E-state index < -0.39 is 5.51 Å². The number of oxime groups is 1. The molecule has 8 heteroatoms. The zero-order valence-corrected chi connectivity index (χ0v) is 10.9. The molecular formula is C11H13F3N2O2S. The topological polar surface area (TPSA) is 67.8 Å². The van der Waals surface area contributed by atoms with Crippen LogP contribution in [0, 0.1) is 6.92 Å². The van der Waals surface area contributed by atoms with Crippen LogP contribution in [0.15, 0.2) is 23.4 Å². The first-order chi connectivity index (χ1) is 8.83. The van der Waals surface area contributed by atoms with Crippen LogP contribution < -0.4 is 10.5 Å². The van der Waals surface area contributed by atoms with Crippen molar-refractivity contribution in [2.45, 2.75) is 12.4 Å². The van der Waals surface area contributed by atoms with E-state index in [9.17, 15) is 13.2 Å². The predicted molar refractivity (Wildman–Crippen MR) is 67.7 cm³/mol. The third-order valence-corrected chi connectivity index (χ3v) is 2.90. The van der Waals surface area contributed by atoms with Crippen molar-refractivity contribution in [2.75, 3.05) is 12.4 Å². The summed E-state index contributed by atoms with van der Waals surface area (Å²) in [5.74, 6) is 0.123. The third kappa shape index (κ3) is 5.29. The Morgan fingerprint density at radius 2 is 2.16 bits per heavy atom. The quantitative estimate of drug-likeness (QED) is 0.288. The Morgan fingerprint density at radius 3 is 2.74 bits per heavy atom. The summed E-state index contributed by atoms with van der Waals surface area (Å²) in [7, 11) is 0. The molecule has 0 saturated carbocycles. The summed E-state index contributed by atoms with van der Waals surface area (Å²) < 4.78 is 41.0. The number of hydrogen-bond acceptors (Lipinski definition) is 4. The largest absolute Gasteiger partial charge is 0.492 e. The Morgan fingerprint density at radius 1 is 1.47 bits per heavy atom. The number of nitrogens with zero attached hydrogens (tertiary/aromatic N) is 1. The Kier molecular flexibility index (Phi) is 5.34. The number of rotatable bonds is 5. The fourth-order valence-corrected chi connectivity index (χ4v) is 1.68. The number of nitrogens with two attached hydrogens (primary N) is 1. The number of aryl methyl sites for hydroxylation is 1. The van der Waals surface area contributed by atoms with Crippen LogP contribution in [-0.4, -0.2) is 28.9 Å². The van der Waals surface area contributed by atoms with Gasteiger partial charge in [0.15, 0.2) is 5.84 Å². The van der Waals surface area contributed by atoms with Crippen molar-refractivity contribution in [1.82, 2.24) is 0 Å². The van der Waals surface area contributed by atoms with Gasteiger partial charge < -0.3 is 15.7 Å². The number of halogens is 3. The van der Waals surface area contributed by atoms with E-state index in [1.54, 1.807) is 19.1 Å². The number of amidine groups is 1. The van der Waals surface area contributed by atoms with Gasteiger partial charge in [-0.25, -0.2) is 0 Å². The van der Waals surface area contributed by atoms with E-state index in [2.05, 4.69) is 5.16 Å². The van der Waals surface area contributed by atoms with Crippen LogP contribution in [0.2, 0.25) is 0 Å². The molecule has 4 nitrogen and oxygen atoms in total. The van der Waals surface area contributed by atoms with Crippen molar-refractivity contribution in [3.63, 3.8) is 0 Å². The molecule has 0 spiro atoms. The Balaban J connectivity index is 2.63. The lowest BCUT2D eigenvalue weighted by atomic mass is 10.1. The summed E-state index contributed by atoms with van der Waals surface area (Å²) in [4.78, 5) is 0. The summed E-state index contributed by atoms with van der Waals surface area (Å²) in [5.41, 5.74) is 2.35. The van der Waals surface area contributed by atoms with Gasteiger partial charge >= 0.3 is 5.51 Å². The zero-order chi connectivity index (χ0) is 14.5. The minimum atomic E-state index is -4.26. The molecule has 0 aliphatic rings. The molecule has 0 saturated heterocycles.